The summed E-state index contributed by atoms with van der Waals surface area (Å²) in [5.41, 5.74) is 7.86. The van der Waals surface area contributed by atoms with E-state index in [0.29, 0.717) is 12.8 Å². The highest BCUT2D eigenvalue weighted by Crippen LogP contribution is 2.23. The van der Waals surface area contributed by atoms with E-state index in [1.165, 1.54) is 5.56 Å². The molecule has 1 amide bonds. The second kappa shape index (κ2) is 6.01. The quantitative estimate of drug-likeness (QED) is 0.860. The minimum absolute atomic E-state index is 0.0239. The summed E-state index contributed by atoms with van der Waals surface area (Å²) in [6.45, 7) is 8.42. The molecule has 0 aliphatic carbocycles. The van der Waals surface area contributed by atoms with E-state index in [1.807, 2.05) is 19.1 Å². The molecule has 18 heavy (non-hydrogen) atoms. The fraction of sp³-hybridized carbons (Fsp3) is 0.533. The molecule has 3 N–H and O–H groups in total. The lowest BCUT2D eigenvalue weighted by Gasteiger charge is -2.19. The average Bonchev–Trinajstić information content (AvgIpc) is 2.26. The molecule has 1 rings (SSSR count). The van der Waals surface area contributed by atoms with E-state index in [0.717, 1.165) is 5.69 Å². The van der Waals surface area contributed by atoms with Crippen LogP contribution in [0.25, 0.3) is 0 Å². The lowest BCUT2D eigenvalue weighted by atomic mass is 9.87. The normalized spacial score (nSPS) is 13.2. The molecule has 0 fully saturated rings. The molecular weight excluding hydrogens is 224 g/mol. The van der Waals surface area contributed by atoms with Gasteiger partial charge >= 0.3 is 0 Å². The van der Waals surface area contributed by atoms with Crippen molar-refractivity contribution in [3.63, 3.8) is 0 Å². The zero-order valence-corrected chi connectivity index (χ0v) is 11.8. The summed E-state index contributed by atoms with van der Waals surface area (Å²) >= 11 is 0. The maximum absolute atomic E-state index is 11.6. The van der Waals surface area contributed by atoms with Gasteiger partial charge in [0.2, 0.25) is 5.91 Å². The highest BCUT2D eigenvalue weighted by molar-refractivity contribution is 5.90. The summed E-state index contributed by atoms with van der Waals surface area (Å²) in [5, 5.41) is 2.88. The molecule has 1 aromatic carbocycles. The van der Waals surface area contributed by atoms with E-state index in [4.69, 9.17) is 5.73 Å². The van der Waals surface area contributed by atoms with Crippen LogP contribution in [0.2, 0.25) is 0 Å². The van der Waals surface area contributed by atoms with Gasteiger partial charge in [-0.3, -0.25) is 4.79 Å². The SMILES string of the molecule is CC(N)CCC(=O)Nc1ccc(C(C)(C)C)cc1. The van der Waals surface area contributed by atoms with Gasteiger partial charge in [0.15, 0.2) is 0 Å². The Bertz CT molecular complexity index is 388. The van der Waals surface area contributed by atoms with Crippen molar-refractivity contribution in [2.75, 3.05) is 5.32 Å². The Balaban J connectivity index is 2.56. The average molecular weight is 248 g/mol. The number of nitrogens with one attached hydrogen (secondary N) is 1. The zero-order valence-electron chi connectivity index (χ0n) is 11.8. The van der Waals surface area contributed by atoms with Gasteiger partial charge in [-0.05, 0) is 36.5 Å². The summed E-state index contributed by atoms with van der Waals surface area (Å²) in [5.74, 6) is 0.0239. The monoisotopic (exact) mass is 248 g/mol. The Morgan fingerprint density at radius 3 is 2.28 bits per heavy atom. The molecule has 3 heteroatoms. The van der Waals surface area contributed by atoms with E-state index >= 15 is 0 Å². The van der Waals surface area contributed by atoms with Crippen LogP contribution in [0.15, 0.2) is 24.3 Å². The molecule has 1 unspecified atom stereocenters. The highest BCUT2D eigenvalue weighted by Gasteiger charge is 2.13. The summed E-state index contributed by atoms with van der Waals surface area (Å²) in [7, 11) is 0. The number of benzene rings is 1. The maximum Gasteiger partial charge on any atom is 0.224 e. The molecule has 0 bridgehead atoms. The fourth-order valence-electron chi connectivity index (χ4n) is 1.64. The number of carbonyl (C=O) groups is 1. The van der Waals surface area contributed by atoms with Crippen LogP contribution in [0.4, 0.5) is 5.69 Å². The fourth-order valence-corrected chi connectivity index (χ4v) is 1.64. The van der Waals surface area contributed by atoms with Crippen molar-refractivity contribution in [2.24, 2.45) is 5.73 Å². The van der Waals surface area contributed by atoms with Gasteiger partial charge in [0.05, 0.1) is 0 Å². The molecular formula is C15H24N2O. The minimum atomic E-state index is 0.0239. The second-order valence-electron chi connectivity index (χ2n) is 5.89. The van der Waals surface area contributed by atoms with E-state index < -0.39 is 0 Å². The Morgan fingerprint density at radius 2 is 1.83 bits per heavy atom. The van der Waals surface area contributed by atoms with Gasteiger partial charge in [-0.25, -0.2) is 0 Å². The first-order chi connectivity index (χ1) is 8.29. The van der Waals surface area contributed by atoms with Crippen molar-refractivity contribution < 1.29 is 4.79 Å². The van der Waals surface area contributed by atoms with Crippen LogP contribution in [0.5, 0.6) is 0 Å². The second-order valence-corrected chi connectivity index (χ2v) is 5.89. The number of nitrogens with two attached hydrogens (primary N) is 1. The molecule has 0 radical (unpaired) electrons. The molecule has 0 saturated heterocycles. The van der Waals surface area contributed by atoms with E-state index in [-0.39, 0.29) is 17.4 Å². The van der Waals surface area contributed by atoms with E-state index in [2.05, 4.69) is 38.2 Å². The molecule has 0 aliphatic rings. The standard InChI is InChI=1S/C15H24N2O/c1-11(16)5-10-14(18)17-13-8-6-12(7-9-13)15(2,3)4/h6-9,11H,5,10,16H2,1-4H3,(H,17,18). The van der Waals surface area contributed by atoms with Gasteiger partial charge in [0.25, 0.3) is 0 Å². The predicted octanol–water partition coefficient (Wildman–Crippen LogP) is 3.05. The van der Waals surface area contributed by atoms with Crippen molar-refractivity contribution in [3.05, 3.63) is 29.8 Å². The third-order valence-electron chi connectivity index (χ3n) is 2.86. The van der Waals surface area contributed by atoms with Crippen LogP contribution in [0.1, 0.15) is 46.1 Å². The van der Waals surface area contributed by atoms with Crippen LogP contribution in [0, 0.1) is 0 Å². The number of rotatable bonds is 4. The first kappa shape index (κ1) is 14.7. The molecule has 3 nitrogen and oxygen atoms in total. The van der Waals surface area contributed by atoms with E-state index in [1.54, 1.807) is 0 Å². The van der Waals surface area contributed by atoms with Crippen molar-refractivity contribution in [1.82, 2.24) is 0 Å². The number of carbonyl (C=O) groups excluding carboxylic acids is 1. The molecule has 0 spiro atoms. The minimum Gasteiger partial charge on any atom is -0.328 e. The molecule has 0 heterocycles. The topological polar surface area (TPSA) is 55.1 Å². The van der Waals surface area contributed by atoms with Crippen molar-refractivity contribution >= 4 is 11.6 Å². The van der Waals surface area contributed by atoms with Gasteiger partial charge in [-0.15, -0.1) is 0 Å². The number of hydrogen-bond donors (Lipinski definition) is 2. The van der Waals surface area contributed by atoms with Crippen LogP contribution in [-0.2, 0) is 10.2 Å². The molecule has 1 aromatic rings. The Labute approximate surface area is 110 Å². The first-order valence-electron chi connectivity index (χ1n) is 6.45. The lowest BCUT2D eigenvalue weighted by molar-refractivity contribution is -0.116. The molecule has 0 aromatic heterocycles. The van der Waals surface area contributed by atoms with Gasteiger partial charge in [0, 0.05) is 18.2 Å². The summed E-state index contributed by atoms with van der Waals surface area (Å²) in [6.07, 6.45) is 1.19. The molecule has 0 saturated carbocycles. The maximum atomic E-state index is 11.6. The Morgan fingerprint density at radius 1 is 1.28 bits per heavy atom. The number of anilines is 1. The summed E-state index contributed by atoms with van der Waals surface area (Å²) < 4.78 is 0. The summed E-state index contributed by atoms with van der Waals surface area (Å²) in [6, 6.07) is 8.08. The van der Waals surface area contributed by atoms with Crippen LogP contribution in [-0.4, -0.2) is 11.9 Å². The van der Waals surface area contributed by atoms with Gasteiger partial charge in [0.1, 0.15) is 0 Å². The zero-order chi connectivity index (χ0) is 13.8. The van der Waals surface area contributed by atoms with Crippen LogP contribution >= 0.6 is 0 Å². The van der Waals surface area contributed by atoms with Crippen LogP contribution in [0.3, 0.4) is 0 Å². The van der Waals surface area contributed by atoms with Gasteiger partial charge in [-0.1, -0.05) is 32.9 Å². The molecule has 100 valence electrons. The first-order valence-corrected chi connectivity index (χ1v) is 6.45. The van der Waals surface area contributed by atoms with Crippen molar-refractivity contribution in [3.8, 4) is 0 Å². The Hall–Kier alpha value is -1.35. The third-order valence-corrected chi connectivity index (χ3v) is 2.86. The molecule has 1 atom stereocenters. The van der Waals surface area contributed by atoms with Gasteiger partial charge < -0.3 is 11.1 Å². The predicted molar refractivity (Wildman–Crippen MR) is 76.7 cm³/mol. The van der Waals surface area contributed by atoms with Gasteiger partial charge in [-0.2, -0.15) is 0 Å². The smallest absolute Gasteiger partial charge is 0.224 e. The molecule has 0 aliphatic heterocycles. The van der Waals surface area contributed by atoms with Crippen LogP contribution < -0.4 is 11.1 Å². The summed E-state index contributed by atoms with van der Waals surface area (Å²) in [4.78, 5) is 11.6. The Kier molecular flexibility index (Phi) is 4.91. The van der Waals surface area contributed by atoms with E-state index in [9.17, 15) is 4.79 Å². The lowest BCUT2D eigenvalue weighted by Crippen LogP contribution is -2.19. The highest BCUT2D eigenvalue weighted by atomic mass is 16.1. The number of hydrogen-bond acceptors (Lipinski definition) is 2. The third kappa shape index (κ3) is 4.88. The van der Waals surface area contributed by atoms with Crippen molar-refractivity contribution in [1.29, 1.82) is 0 Å². The largest absolute Gasteiger partial charge is 0.328 e. The number of amides is 1. The van der Waals surface area contributed by atoms with Crippen molar-refractivity contribution in [2.45, 2.75) is 52.0 Å².